The zero-order valence-corrected chi connectivity index (χ0v) is 10.6. The number of amides is 2. The number of nitrogens with zero attached hydrogens (tertiary/aromatic N) is 1. The highest BCUT2D eigenvalue weighted by Crippen LogP contribution is 2.27. The van der Waals surface area contributed by atoms with Crippen LogP contribution in [0.1, 0.15) is 17.2 Å². The van der Waals surface area contributed by atoms with Gasteiger partial charge in [0.15, 0.2) is 0 Å². The molecule has 2 heterocycles. The van der Waals surface area contributed by atoms with Crippen molar-refractivity contribution in [3.63, 3.8) is 0 Å². The predicted octanol–water partition coefficient (Wildman–Crippen LogP) is 0.259. The van der Waals surface area contributed by atoms with Crippen molar-refractivity contribution in [2.24, 2.45) is 0 Å². The minimum atomic E-state index is -0.198. The molecular weight excluding hydrogens is 244 g/mol. The summed E-state index contributed by atoms with van der Waals surface area (Å²) in [7, 11) is 0. The number of hydrogen-bond acceptors (Lipinski definition) is 4. The molecule has 0 aliphatic carbocycles. The van der Waals surface area contributed by atoms with E-state index >= 15 is 0 Å². The van der Waals surface area contributed by atoms with Crippen LogP contribution in [-0.4, -0.2) is 43.0 Å². The quantitative estimate of drug-likeness (QED) is 0.775. The molecule has 1 unspecified atom stereocenters. The molecule has 0 bridgehead atoms. The second-order valence-electron chi connectivity index (χ2n) is 4.81. The number of carbonyl (C=O) groups is 2. The van der Waals surface area contributed by atoms with Gasteiger partial charge in [-0.25, -0.2) is 0 Å². The van der Waals surface area contributed by atoms with E-state index in [9.17, 15) is 9.59 Å². The molecular formula is C14H16N2O3. The van der Waals surface area contributed by atoms with Gasteiger partial charge >= 0.3 is 0 Å². The summed E-state index contributed by atoms with van der Waals surface area (Å²) >= 11 is 0. The van der Waals surface area contributed by atoms with Gasteiger partial charge in [0.05, 0.1) is 26.2 Å². The van der Waals surface area contributed by atoms with Gasteiger partial charge in [-0.1, -0.05) is 24.3 Å². The number of carbonyl (C=O) groups excluding carboxylic acids is 2. The molecule has 2 amide bonds. The van der Waals surface area contributed by atoms with E-state index in [0.29, 0.717) is 13.2 Å². The molecule has 2 aliphatic heterocycles. The van der Waals surface area contributed by atoms with Crippen molar-refractivity contribution in [3.8, 4) is 0 Å². The maximum Gasteiger partial charge on any atom is 0.243 e. The summed E-state index contributed by atoms with van der Waals surface area (Å²) in [4.78, 5) is 24.9. The Hall–Kier alpha value is -1.72. The maximum absolute atomic E-state index is 11.8. The fraction of sp³-hybridized carbons (Fsp3) is 0.429. The van der Waals surface area contributed by atoms with Crippen LogP contribution in [0.5, 0.6) is 0 Å². The molecule has 100 valence electrons. The van der Waals surface area contributed by atoms with Crippen molar-refractivity contribution < 1.29 is 14.3 Å². The Balaban J connectivity index is 1.80. The average Bonchev–Trinajstić information content (AvgIpc) is 2.43. The Labute approximate surface area is 111 Å². The third kappa shape index (κ3) is 2.39. The third-order valence-electron chi connectivity index (χ3n) is 3.60. The summed E-state index contributed by atoms with van der Waals surface area (Å²) in [5.74, 6) is -0.356. The van der Waals surface area contributed by atoms with Crippen molar-refractivity contribution in [1.29, 1.82) is 0 Å². The molecule has 1 atom stereocenters. The van der Waals surface area contributed by atoms with Crippen LogP contribution >= 0.6 is 0 Å². The lowest BCUT2D eigenvalue weighted by Crippen LogP contribution is -2.53. The van der Waals surface area contributed by atoms with Crippen molar-refractivity contribution in [1.82, 2.24) is 10.2 Å². The summed E-state index contributed by atoms with van der Waals surface area (Å²) in [6.45, 7) is 1.40. The summed E-state index contributed by atoms with van der Waals surface area (Å²) in [5, 5.41) is 2.79. The van der Waals surface area contributed by atoms with Crippen LogP contribution < -0.4 is 5.32 Å². The Morgan fingerprint density at radius 3 is 2.74 bits per heavy atom. The van der Waals surface area contributed by atoms with E-state index in [0.717, 1.165) is 12.0 Å². The number of fused-ring (bicyclic) bond motifs is 1. The smallest absolute Gasteiger partial charge is 0.243 e. The van der Waals surface area contributed by atoms with Crippen LogP contribution in [0, 0.1) is 0 Å². The Kier molecular flexibility index (Phi) is 3.31. The van der Waals surface area contributed by atoms with Crippen LogP contribution in [0.15, 0.2) is 24.3 Å². The predicted molar refractivity (Wildman–Crippen MR) is 68.4 cm³/mol. The lowest BCUT2D eigenvalue weighted by atomic mass is 9.97. The molecule has 1 aromatic rings. The first-order valence-electron chi connectivity index (χ1n) is 6.49. The monoisotopic (exact) mass is 260 g/mol. The molecule has 2 aliphatic rings. The van der Waals surface area contributed by atoms with E-state index in [1.54, 1.807) is 0 Å². The largest absolute Gasteiger partial charge is 0.371 e. The van der Waals surface area contributed by atoms with Crippen LogP contribution in [0.2, 0.25) is 0 Å². The molecule has 1 saturated heterocycles. The summed E-state index contributed by atoms with van der Waals surface area (Å²) in [6, 6.07) is 8.05. The van der Waals surface area contributed by atoms with Gasteiger partial charge in [-0.2, -0.15) is 0 Å². The van der Waals surface area contributed by atoms with Gasteiger partial charge in [0.2, 0.25) is 11.8 Å². The first-order chi connectivity index (χ1) is 9.25. The zero-order valence-electron chi connectivity index (χ0n) is 10.6. The van der Waals surface area contributed by atoms with E-state index < -0.39 is 0 Å². The molecule has 0 radical (unpaired) electrons. The number of piperazine rings is 1. The molecule has 0 aromatic heterocycles. The van der Waals surface area contributed by atoms with Gasteiger partial charge in [0.1, 0.15) is 6.10 Å². The van der Waals surface area contributed by atoms with Crippen molar-refractivity contribution >= 4 is 11.8 Å². The highest BCUT2D eigenvalue weighted by atomic mass is 16.5. The van der Waals surface area contributed by atoms with Crippen molar-refractivity contribution in [3.05, 3.63) is 35.4 Å². The molecule has 0 spiro atoms. The highest BCUT2D eigenvalue weighted by molar-refractivity contribution is 5.99. The van der Waals surface area contributed by atoms with Gasteiger partial charge in [-0.15, -0.1) is 0 Å². The fourth-order valence-corrected chi connectivity index (χ4v) is 2.60. The molecule has 5 heteroatoms. The van der Waals surface area contributed by atoms with Gasteiger partial charge in [-0.3, -0.25) is 19.8 Å². The van der Waals surface area contributed by atoms with Crippen molar-refractivity contribution in [2.75, 3.05) is 26.2 Å². The second kappa shape index (κ2) is 5.11. The molecule has 1 fully saturated rings. The number of rotatable bonds is 2. The van der Waals surface area contributed by atoms with Gasteiger partial charge in [0.25, 0.3) is 0 Å². The Bertz CT molecular complexity index is 499. The summed E-state index contributed by atoms with van der Waals surface area (Å²) in [6.07, 6.45) is 0.687. The van der Waals surface area contributed by atoms with E-state index in [1.165, 1.54) is 10.5 Å². The fourth-order valence-electron chi connectivity index (χ4n) is 2.60. The number of nitrogens with one attached hydrogen (secondary N) is 1. The highest BCUT2D eigenvalue weighted by Gasteiger charge is 2.30. The maximum atomic E-state index is 11.8. The van der Waals surface area contributed by atoms with Crippen molar-refractivity contribution in [2.45, 2.75) is 12.5 Å². The van der Waals surface area contributed by atoms with Crippen LogP contribution in [0.25, 0.3) is 0 Å². The lowest BCUT2D eigenvalue weighted by molar-refractivity contribution is -0.149. The minimum Gasteiger partial charge on any atom is -0.371 e. The van der Waals surface area contributed by atoms with E-state index in [4.69, 9.17) is 4.74 Å². The number of imide groups is 1. The third-order valence-corrected chi connectivity index (χ3v) is 3.60. The first-order valence-corrected chi connectivity index (χ1v) is 6.49. The normalized spacial score (nSPS) is 23.4. The van der Waals surface area contributed by atoms with Gasteiger partial charge in [0, 0.05) is 0 Å². The molecule has 1 aromatic carbocycles. The van der Waals surface area contributed by atoms with Crippen LogP contribution in [0.4, 0.5) is 0 Å². The lowest BCUT2D eigenvalue weighted by Gasteiger charge is -2.32. The Morgan fingerprint density at radius 2 is 1.95 bits per heavy atom. The summed E-state index contributed by atoms with van der Waals surface area (Å²) in [5.41, 5.74) is 2.33. The molecule has 3 rings (SSSR count). The molecule has 19 heavy (non-hydrogen) atoms. The Morgan fingerprint density at radius 1 is 1.21 bits per heavy atom. The molecule has 5 nitrogen and oxygen atoms in total. The minimum absolute atomic E-state index is 0.178. The number of hydrogen-bond donors (Lipinski definition) is 1. The van der Waals surface area contributed by atoms with Crippen LogP contribution in [0.3, 0.4) is 0 Å². The SMILES string of the molecule is O=C1CNCC(=O)N1CC1OCCc2ccccc21. The molecule has 1 N–H and O–H groups in total. The summed E-state index contributed by atoms with van der Waals surface area (Å²) < 4.78 is 5.74. The van der Waals surface area contributed by atoms with E-state index in [1.807, 2.05) is 18.2 Å². The van der Waals surface area contributed by atoms with E-state index in [2.05, 4.69) is 11.4 Å². The topological polar surface area (TPSA) is 58.6 Å². The van der Waals surface area contributed by atoms with Gasteiger partial charge < -0.3 is 4.74 Å². The van der Waals surface area contributed by atoms with E-state index in [-0.39, 0.29) is 31.0 Å². The zero-order chi connectivity index (χ0) is 13.2. The van der Waals surface area contributed by atoms with Crippen LogP contribution in [-0.2, 0) is 20.7 Å². The standard InChI is InChI=1S/C14H16N2O3/c17-13-7-15-8-14(18)16(13)9-12-11-4-2-1-3-10(11)5-6-19-12/h1-4,12,15H,5-9H2. The number of benzene rings is 1. The molecule has 0 saturated carbocycles. The average molecular weight is 260 g/mol. The van der Waals surface area contributed by atoms with Gasteiger partial charge in [-0.05, 0) is 17.5 Å². The number of ether oxygens (including phenoxy) is 1. The second-order valence-corrected chi connectivity index (χ2v) is 4.81. The first kappa shape index (κ1) is 12.3.